The number of carbonyl (C=O) groups excluding carboxylic acids is 2. The van der Waals surface area contributed by atoms with Crippen LogP contribution in [0.5, 0.6) is 0 Å². The largest absolute Gasteiger partial charge is 0.472 e. The minimum atomic E-state index is -0.534. The number of hydrogen-bond donors (Lipinski definition) is 0. The molecule has 3 nitrogen and oxygen atoms in total. The number of Topliss-reactive ketones (excluding diaryl/α,β-unsaturated/α-hetero) is 1. The Morgan fingerprint density at radius 1 is 1.25 bits per heavy atom. The van der Waals surface area contributed by atoms with Crippen LogP contribution in [0.2, 0.25) is 0 Å². The van der Waals surface area contributed by atoms with Gasteiger partial charge in [-0.15, -0.1) is 0 Å². The van der Waals surface area contributed by atoms with Crippen LogP contribution in [0.15, 0.2) is 65.7 Å². The van der Waals surface area contributed by atoms with Gasteiger partial charge in [0.05, 0.1) is 24.9 Å². The molecule has 2 aliphatic rings. The van der Waals surface area contributed by atoms with Crippen molar-refractivity contribution >= 4 is 22.6 Å². The van der Waals surface area contributed by atoms with Crippen LogP contribution in [-0.4, -0.2) is 11.0 Å². The molecule has 1 unspecified atom stereocenters. The molecule has 3 rings (SSSR count). The number of fused-ring (bicyclic) bond motifs is 1. The lowest BCUT2D eigenvalue weighted by atomic mass is 9.90. The number of hydrogen-bond acceptors (Lipinski definition) is 3. The van der Waals surface area contributed by atoms with E-state index in [0.717, 1.165) is 16.7 Å². The minimum absolute atomic E-state index is 0.0548. The van der Waals surface area contributed by atoms with Crippen LogP contribution in [0, 0.1) is 0 Å². The van der Waals surface area contributed by atoms with Gasteiger partial charge in [0.25, 0.3) is 0 Å². The molecule has 4 heteroatoms. The predicted molar refractivity (Wildman–Crippen MR) is 75.0 cm³/mol. The van der Waals surface area contributed by atoms with Gasteiger partial charge in [-0.2, -0.15) is 0 Å². The van der Waals surface area contributed by atoms with E-state index in [4.69, 9.17) is 16.3 Å². The molecule has 0 fully saturated rings. The van der Waals surface area contributed by atoms with Gasteiger partial charge in [-0.25, -0.2) is 0 Å². The Bertz CT molecular complexity index is 668. The Morgan fingerprint density at radius 3 is 2.70 bits per heavy atom. The third-order valence-electron chi connectivity index (χ3n) is 3.46. The highest BCUT2D eigenvalue weighted by Crippen LogP contribution is 2.43. The van der Waals surface area contributed by atoms with Crippen LogP contribution in [0.25, 0.3) is 0 Å². The first kappa shape index (κ1) is 12.9. The molecule has 0 amide bonds. The smallest absolute Gasteiger partial charge is 0.226 e. The number of benzene rings is 1. The molecule has 0 aromatic heterocycles. The molecule has 0 saturated heterocycles. The van der Waals surface area contributed by atoms with Crippen molar-refractivity contribution in [2.24, 2.45) is 0 Å². The quantitative estimate of drug-likeness (QED) is 0.801. The maximum absolute atomic E-state index is 12.6. The van der Waals surface area contributed by atoms with E-state index in [2.05, 4.69) is 0 Å². The van der Waals surface area contributed by atoms with E-state index in [1.807, 2.05) is 30.3 Å². The molecular formula is C16H11ClO3. The second kappa shape index (κ2) is 5.10. The normalized spacial score (nSPS) is 20.6. The van der Waals surface area contributed by atoms with Gasteiger partial charge in [-0.1, -0.05) is 30.3 Å². The summed E-state index contributed by atoms with van der Waals surface area (Å²) in [6.07, 6.45) is 4.72. The Morgan fingerprint density at radius 2 is 2.00 bits per heavy atom. The van der Waals surface area contributed by atoms with Crippen LogP contribution in [0.4, 0.5) is 0 Å². The Balaban J connectivity index is 2.07. The number of carbonyl (C=O) groups is 2. The predicted octanol–water partition coefficient (Wildman–Crippen LogP) is 3.23. The molecule has 1 heterocycles. The molecular weight excluding hydrogens is 276 g/mol. The molecule has 0 saturated carbocycles. The first-order chi connectivity index (χ1) is 9.68. The third-order valence-corrected chi connectivity index (χ3v) is 3.60. The molecule has 1 aliphatic carbocycles. The summed E-state index contributed by atoms with van der Waals surface area (Å²) in [4.78, 5) is 23.8. The summed E-state index contributed by atoms with van der Waals surface area (Å²) in [6, 6.07) is 9.45. The number of halogens is 1. The van der Waals surface area contributed by atoms with Crippen molar-refractivity contribution in [1.29, 1.82) is 0 Å². The van der Waals surface area contributed by atoms with Gasteiger partial charge in [0, 0.05) is 11.1 Å². The summed E-state index contributed by atoms with van der Waals surface area (Å²) in [5.74, 6) is -0.497. The van der Waals surface area contributed by atoms with E-state index in [0.29, 0.717) is 5.57 Å². The molecule has 0 radical (unpaired) electrons. The second-order valence-electron chi connectivity index (χ2n) is 4.64. The standard InChI is InChI=1S/C16H11ClO3/c17-14(18)8-12-11-6-7-20-9-13(11)15(16(12)19)10-4-2-1-3-5-10/h1-7,9,15H,8H2. The van der Waals surface area contributed by atoms with Gasteiger partial charge in [0.2, 0.25) is 5.24 Å². The van der Waals surface area contributed by atoms with Crippen LogP contribution in [-0.2, 0) is 14.3 Å². The average Bonchev–Trinajstić information content (AvgIpc) is 2.72. The molecule has 0 spiro atoms. The van der Waals surface area contributed by atoms with Gasteiger partial charge in [0.15, 0.2) is 5.78 Å². The number of ether oxygens (including phenoxy) is 1. The van der Waals surface area contributed by atoms with Crippen molar-refractivity contribution in [2.75, 3.05) is 0 Å². The summed E-state index contributed by atoms with van der Waals surface area (Å²) in [7, 11) is 0. The highest BCUT2D eigenvalue weighted by Gasteiger charge is 2.39. The van der Waals surface area contributed by atoms with E-state index in [-0.39, 0.29) is 12.2 Å². The lowest BCUT2D eigenvalue weighted by molar-refractivity contribution is -0.117. The second-order valence-corrected chi connectivity index (χ2v) is 5.07. The fourth-order valence-electron chi connectivity index (χ4n) is 2.62. The Labute approximate surface area is 121 Å². The van der Waals surface area contributed by atoms with Crippen LogP contribution in [0.1, 0.15) is 17.9 Å². The van der Waals surface area contributed by atoms with Crippen LogP contribution >= 0.6 is 11.6 Å². The van der Waals surface area contributed by atoms with Gasteiger partial charge in [-0.3, -0.25) is 9.59 Å². The summed E-state index contributed by atoms with van der Waals surface area (Å²) < 4.78 is 5.19. The van der Waals surface area contributed by atoms with E-state index >= 15 is 0 Å². The SMILES string of the molecule is O=C(Cl)CC1=C2C=COC=C2C(c2ccccc2)C1=O. The van der Waals surface area contributed by atoms with E-state index < -0.39 is 11.2 Å². The number of ketones is 1. The summed E-state index contributed by atoms with van der Waals surface area (Å²) in [5, 5.41) is -0.534. The minimum Gasteiger partial charge on any atom is -0.472 e. The zero-order valence-corrected chi connectivity index (χ0v) is 11.3. The van der Waals surface area contributed by atoms with Crippen molar-refractivity contribution in [3.05, 3.63) is 71.2 Å². The lowest BCUT2D eigenvalue weighted by Crippen LogP contribution is -2.11. The average molecular weight is 287 g/mol. The van der Waals surface area contributed by atoms with Gasteiger partial charge in [0.1, 0.15) is 0 Å². The topological polar surface area (TPSA) is 43.4 Å². The lowest BCUT2D eigenvalue weighted by Gasteiger charge is -2.14. The summed E-state index contributed by atoms with van der Waals surface area (Å²) in [5.41, 5.74) is 2.89. The molecule has 1 aromatic rings. The van der Waals surface area contributed by atoms with Gasteiger partial charge < -0.3 is 4.74 Å². The van der Waals surface area contributed by atoms with Crippen LogP contribution in [0.3, 0.4) is 0 Å². The number of allylic oxidation sites excluding steroid dienone is 4. The van der Waals surface area contributed by atoms with Gasteiger partial charge in [-0.05, 0) is 28.8 Å². The maximum atomic E-state index is 12.6. The number of rotatable bonds is 3. The zero-order chi connectivity index (χ0) is 14.1. The van der Waals surface area contributed by atoms with Crippen molar-refractivity contribution in [2.45, 2.75) is 12.3 Å². The monoisotopic (exact) mass is 286 g/mol. The van der Waals surface area contributed by atoms with Crippen molar-refractivity contribution in [3.63, 3.8) is 0 Å². The molecule has 20 heavy (non-hydrogen) atoms. The van der Waals surface area contributed by atoms with Crippen molar-refractivity contribution < 1.29 is 14.3 Å². The molecule has 1 atom stereocenters. The highest BCUT2D eigenvalue weighted by atomic mass is 35.5. The fourth-order valence-corrected chi connectivity index (χ4v) is 2.76. The molecule has 0 bridgehead atoms. The van der Waals surface area contributed by atoms with E-state index in [1.54, 1.807) is 12.3 Å². The van der Waals surface area contributed by atoms with Crippen molar-refractivity contribution in [1.82, 2.24) is 0 Å². The first-order valence-electron chi connectivity index (χ1n) is 6.21. The molecule has 1 aliphatic heterocycles. The first-order valence-corrected chi connectivity index (χ1v) is 6.59. The molecule has 1 aromatic carbocycles. The Hall–Kier alpha value is -2.13. The summed E-state index contributed by atoms with van der Waals surface area (Å²) in [6.45, 7) is 0. The fraction of sp³-hybridized carbons (Fsp3) is 0.125. The van der Waals surface area contributed by atoms with E-state index in [9.17, 15) is 9.59 Å². The van der Waals surface area contributed by atoms with E-state index in [1.165, 1.54) is 6.26 Å². The Kier molecular flexibility index (Phi) is 3.28. The highest BCUT2D eigenvalue weighted by molar-refractivity contribution is 6.64. The molecule has 100 valence electrons. The summed E-state index contributed by atoms with van der Waals surface area (Å²) >= 11 is 5.45. The third kappa shape index (κ3) is 2.10. The maximum Gasteiger partial charge on any atom is 0.226 e. The van der Waals surface area contributed by atoms with Gasteiger partial charge >= 0.3 is 0 Å². The van der Waals surface area contributed by atoms with Crippen molar-refractivity contribution in [3.8, 4) is 0 Å². The molecule has 0 N–H and O–H groups in total. The zero-order valence-electron chi connectivity index (χ0n) is 10.5. The van der Waals surface area contributed by atoms with Crippen LogP contribution < -0.4 is 0 Å².